The third-order valence-electron chi connectivity index (χ3n) is 7.17. The summed E-state index contributed by atoms with van der Waals surface area (Å²) in [5.41, 5.74) is 1.33. The van der Waals surface area contributed by atoms with Crippen molar-refractivity contribution in [2.45, 2.75) is 18.4 Å². The molecule has 0 unspecified atom stereocenters. The van der Waals surface area contributed by atoms with Crippen molar-refractivity contribution in [1.29, 1.82) is 0 Å². The number of sulfonamides is 1. The number of piperazine rings is 1. The van der Waals surface area contributed by atoms with Gasteiger partial charge in [-0.1, -0.05) is 12.1 Å². The molecule has 216 valence electrons. The van der Waals surface area contributed by atoms with Crippen molar-refractivity contribution in [3.8, 4) is 17.2 Å². The Morgan fingerprint density at radius 1 is 1.00 bits per heavy atom. The SMILES string of the molecule is COc1ccc(N(CC(=O)N2CCN(Cc3ccc4c(c3)OCO4)CC2)S(=O)(=O)c2ccc(C)c([N+](=O)[O-])c2)cc1. The first kappa shape index (κ1) is 28.2. The number of ether oxygens (including phenoxy) is 3. The van der Waals surface area contributed by atoms with E-state index in [1.807, 2.05) is 18.2 Å². The lowest BCUT2D eigenvalue weighted by Crippen LogP contribution is -2.51. The molecule has 0 atom stereocenters. The van der Waals surface area contributed by atoms with Crippen LogP contribution in [0, 0.1) is 17.0 Å². The first-order valence-corrected chi connectivity index (χ1v) is 14.4. The van der Waals surface area contributed by atoms with Crippen molar-refractivity contribution in [3.63, 3.8) is 0 Å². The molecule has 3 aromatic rings. The molecule has 0 aliphatic carbocycles. The number of methoxy groups -OCH3 is 1. The van der Waals surface area contributed by atoms with Crippen LogP contribution in [0.3, 0.4) is 0 Å². The van der Waals surface area contributed by atoms with E-state index in [0.717, 1.165) is 27.4 Å². The Hall–Kier alpha value is -4.36. The number of nitro benzene ring substituents is 1. The van der Waals surface area contributed by atoms with Gasteiger partial charge in [0.25, 0.3) is 15.7 Å². The number of rotatable bonds is 9. The van der Waals surface area contributed by atoms with Gasteiger partial charge in [0.1, 0.15) is 12.3 Å². The van der Waals surface area contributed by atoms with Gasteiger partial charge in [-0.25, -0.2) is 8.42 Å². The average Bonchev–Trinajstić information content (AvgIpc) is 3.44. The van der Waals surface area contributed by atoms with Crippen LogP contribution in [0.15, 0.2) is 65.6 Å². The standard InChI is InChI=1S/C28H30N4O8S/c1-20-3-9-24(16-25(20)32(34)35)41(36,37)31(22-5-7-23(38-2)8-6-22)18-28(33)30-13-11-29(12-14-30)17-21-4-10-26-27(15-21)40-19-39-26/h3-10,15-16H,11-14,17-19H2,1-2H3. The van der Waals surface area contributed by atoms with E-state index in [1.54, 1.807) is 17.0 Å². The molecule has 3 aromatic carbocycles. The van der Waals surface area contributed by atoms with Gasteiger partial charge >= 0.3 is 0 Å². The van der Waals surface area contributed by atoms with Crippen molar-refractivity contribution < 1.29 is 32.3 Å². The van der Waals surface area contributed by atoms with Crippen LogP contribution in [0.4, 0.5) is 11.4 Å². The molecular formula is C28H30N4O8S. The Kier molecular flexibility index (Phi) is 7.99. The molecule has 0 spiro atoms. The van der Waals surface area contributed by atoms with Gasteiger partial charge in [-0.3, -0.25) is 24.1 Å². The van der Waals surface area contributed by atoms with E-state index in [2.05, 4.69) is 4.90 Å². The highest BCUT2D eigenvalue weighted by Crippen LogP contribution is 2.33. The lowest BCUT2D eigenvalue weighted by molar-refractivity contribution is -0.385. The minimum absolute atomic E-state index is 0.212. The van der Waals surface area contributed by atoms with Gasteiger partial charge in [-0.15, -0.1) is 0 Å². The second-order valence-corrected chi connectivity index (χ2v) is 11.6. The zero-order valence-corrected chi connectivity index (χ0v) is 23.5. The Morgan fingerprint density at radius 2 is 1.71 bits per heavy atom. The number of carbonyl (C=O) groups is 1. The van der Waals surface area contributed by atoms with Gasteiger partial charge in [-0.2, -0.15) is 0 Å². The highest BCUT2D eigenvalue weighted by Gasteiger charge is 2.32. The number of anilines is 1. The van der Waals surface area contributed by atoms with Crippen LogP contribution >= 0.6 is 0 Å². The van der Waals surface area contributed by atoms with Crippen molar-refractivity contribution in [2.24, 2.45) is 0 Å². The quantitative estimate of drug-likeness (QED) is 0.276. The third kappa shape index (κ3) is 6.05. The Morgan fingerprint density at radius 3 is 2.39 bits per heavy atom. The Labute approximate surface area is 237 Å². The molecule has 1 fully saturated rings. The van der Waals surface area contributed by atoms with Crippen LogP contribution in [0.25, 0.3) is 0 Å². The molecule has 41 heavy (non-hydrogen) atoms. The number of hydrogen-bond donors (Lipinski definition) is 0. The van der Waals surface area contributed by atoms with Crippen LogP contribution < -0.4 is 18.5 Å². The molecule has 2 aliphatic heterocycles. The van der Waals surface area contributed by atoms with E-state index < -0.39 is 21.5 Å². The van der Waals surface area contributed by atoms with Gasteiger partial charge in [0.15, 0.2) is 11.5 Å². The molecule has 1 saturated heterocycles. The zero-order valence-electron chi connectivity index (χ0n) is 22.7. The summed E-state index contributed by atoms with van der Waals surface area (Å²) in [7, 11) is -2.84. The molecular weight excluding hydrogens is 552 g/mol. The molecule has 13 heteroatoms. The summed E-state index contributed by atoms with van der Waals surface area (Å²) in [4.78, 5) is 27.9. The van der Waals surface area contributed by atoms with Gasteiger partial charge in [0.2, 0.25) is 12.7 Å². The van der Waals surface area contributed by atoms with Crippen molar-refractivity contribution >= 4 is 27.3 Å². The fourth-order valence-electron chi connectivity index (χ4n) is 4.81. The summed E-state index contributed by atoms with van der Waals surface area (Å²) < 4.78 is 44.6. The summed E-state index contributed by atoms with van der Waals surface area (Å²) in [6.45, 7) is 4.04. The average molecular weight is 583 g/mol. The maximum atomic E-state index is 13.8. The molecule has 1 amide bonds. The maximum Gasteiger partial charge on any atom is 0.273 e. The van der Waals surface area contributed by atoms with E-state index in [4.69, 9.17) is 14.2 Å². The van der Waals surface area contributed by atoms with E-state index in [9.17, 15) is 23.3 Å². The molecule has 5 rings (SSSR count). The fraction of sp³-hybridized carbons (Fsp3) is 0.321. The summed E-state index contributed by atoms with van der Waals surface area (Å²) in [5, 5.41) is 11.5. The van der Waals surface area contributed by atoms with Crippen LogP contribution in [0.2, 0.25) is 0 Å². The molecule has 2 aliphatic rings. The predicted octanol–water partition coefficient (Wildman–Crippen LogP) is 3.18. The van der Waals surface area contributed by atoms with E-state index >= 15 is 0 Å². The number of aryl methyl sites for hydroxylation is 1. The van der Waals surface area contributed by atoms with Crippen molar-refractivity contribution in [2.75, 3.05) is 50.9 Å². The van der Waals surface area contributed by atoms with Crippen molar-refractivity contribution in [3.05, 3.63) is 81.9 Å². The largest absolute Gasteiger partial charge is 0.497 e. The highest BCUT2D eigenvalue weighted by atomic mass is 32.2. The smallest absolute Gasteiger partial charge is 0.273 e. The number of nitro groups is 1. The maximum absolute atomic E-state index is 13.8. The molecule has 0 saturated carbocycles. The van der Waals surface area contributed by atoms with Crippen LogP contribution in [0.5, 0.6) is 17.2 Å². The number of amides is 1. The monoisotopic (exact) mass is 582 g/mol. The minimum Gasteiger partial charge on any atom is -0.497 e. The Bertz CT molecular complexity index is 1550. The first-order valence-electron chi connectivity index (χ1n) is 13.0. The summed E-state index contributed by atoms with van der Waals surface area (Å²) in [5.74, 6) is 1.59. The van der Waals surface area contributed by atoms with E-state index in [-0.39, 0.29) is 29.0 Å². The minimum atomic E-state index is -4.33. The fourth-order valence-corrected chi connectivity index (χ4v) is 6.25. The van der Waals surface area contributed by atoms with Crippen molar-refractivity contribution in [1.82, 2.24) is 9.80 Å². The summed E-state index contributed by atoms with van der Waals surface area (Å²) in [6.07, 6.45) is 0. The van der Waals surface area contributed by atoms with E-state index in [1.165, 1.54) is 38.3 Å². The van der Waals surface area contributed by atoms with E-state index in [0.29, 0.717) is 44.0 Å². The second-order valence-electron chi connectivity index (χ2n) is 9.76. The predicted molar refractivity (Wildman–Crippen MR) is 150 cm³/mol. The topological polar surface area (TPSA) is 132 Å². The molecule has 2 heterocycles. The third-order valence-corrected chi connectivity index (χ3v) is 8.94. The first-order chi connectivity index (χ1) is 19.7. The number of benzene rings is 3. The van der Waals surface area contributed by atoms with Gasteiger partial charge in [0, 0.05) is 44.4 Å². The molecule has 0 N–H and O–H groups in total. The molecule has 0 bridgehead atoms. The Balaban J connectivity index is 1.32. The summed E-state index contributed by atoms with van der Waals surface area (Å²) in [6, 6.07) is 15.8. The number of fused-ring (bicyclic) bond motifs is 1. The number of hydrogen-bond acceptors (Lipinski definition) is 9. The number of carbonyl (C=O) groups excluding carboxylic acids is 1. The second kappa shape index (κ2) is 11.6. The van der Waals surface area contributed by atoms with Gasteiger partial charge < -0.3 is 19.1 Å². The normalized spacial score (nSPS) is 15.0. The van der Waals surface area contributed by atoms with Crippen LogP contribution in [-0.2, 0) is 21.4 Å². The number of nitrogens with zero attached hydrogens (tertiary/aromatic N) is 4. The molecule has 12 nitrogen and oxygen atoms in total. The van der Waals surface area contributed by atoms with Crippen LogP contribution in [-0.4, -0.2) is 75.7 Å². The lowest BCUT2D eigenvalue weighted by Gasteiger charge is -2.36. The van der Waals surface area contributed by atoms with Crippen LogP contribution in [0.1, 0.15) is 11.1 Å². The molecule has 0 aromatic heterocycles. The zero-order chi connectivity index (χ0) is 29.1. The molecule has 0 radical (unpaired) electrons. The van der Waals surface area contributed by atoms with Gasteiger partial charge in [-0.05, 0) is 55.0 Å². The summed E-state index contributed by atoms with van der Waals surface area (Å²) >= 11 is 0. The lowest BCUT2D eigenvalue weighted by atomic mass is 10.1. The highest BCUT2D eigenvalue weighted by molar-refractivity contribution is 7.92. The van der Waals surface area contributed by atoms with Gasteiger partial charge in [0.05, 0.1) is 22.6 Å².